The molecule has 0 bridgehead atoms. The molecule has 6 nitrogen and oxygen atoms in total. The van der Waals surface area contributed by atoms with Gasteiger partial charge < -0.3 is 24.4 Å². The molecule has 0 aliphatic carbocycles. The SMILES string of the molecule is CC[NH+](CC(=O)Nc1cccc(OC)c1)Cc1ccc(OC(F)F)c(OC)c1. The number of benzene rings is 2. The van der Waals surface area contributed by atoms with E-state index >= 15 is 0 Å². The van der Waals surface area contributed by atoms with Crippen molar-refractivity contribution in [3.8, 4) is 17.2 Å². The minimum absolute atomic E-state index is 0.0185. The summed E-state index contributed by atoms with van der Waals surface area (Å²) in [5, 5.41) is 2.85. The van der Waals surface area contributed by atoms with Gasteiger partial charge in [-0.15, -0.1) is 0 Å². The van der Waals surface area contributed by atoms with E-state index < -0.39 is 6.61 Å². The lowest BCUT2D eigenvalue weighted by molar-refractivity contribution is -0.903. The molecule has 2 N–H and O–H groups in total. The van der Waals surface area contributed by atoms with Gasteiger partial charge in [0.1, 0.15) is 12.3 Å². The average Bonchev–Trinajstić information content (AvgIpc) is 2.68. The molecule has 0 aliphatic heterocycles. The van der Waals surface area contributed by atoms with Gasteiger partial charge in [0.15, 0.2) is 18.0 Å². The second-order valence-corrected chi connectivity index (χ2v) is 6.10. The molecule has 0 fully saturated rings. The van der Waals surface area contributed by atoms with Crippen molar-refractivity contribution in [2.24, 2.45) is 0 Å². The van der Waals surface area contributed by atoms with Gasteiger partial charge in [-0.25, -0.2) is 0 Å². The Balaban J connectivity index is 2.00. The van der Waals surface area contributed by atoms with Crippen LogP contribution in [0.1, 0.15) is 12.5 Å². The highest BCUT2D eigenvalue weighted by molar-refractivity contribution is 5.91. The van der Waals surface area contributed by atoms with Crippen molar-refractivity contribution < 1.29 is 32.7 Å². The summed E-state index contributed by atoms with van der Waals surface area (Å²) < 4.78 is 39.6. The van der Waals surface area contributed by atoms with E-state index in [1.807, 2.05) is 6.92 Å². The van der Waals surface area contributed by atoms with Crippen LogP contribution >= 0.6 is 0 Å². The molecule has 0 saturated heterocycles. The summed E-state index contributed by atoms with van der Waals surface area (Å²) in [6, 6.07) is 11.9. The predicted molar refractivity (Wildman–Crippen MR) is 101 cm³/mol. The van der Waals surface area contributed by atoms with Crippen molar-refractivity contribution in [3.63, 3.8) is 0 Å². The highest BCUT2D eigenvalue weighted by Gasteiger charge is 2.16. The van der Waals surface area contributed by atoms with E-state index in [9.17, 15) is 13.6 Å². The molecule has 1 amide bonds. The lowest BCUT2D eigenvalue weighted by Gasteiger charge is -2.18. The molecule has 8 heteroatoms. The van der Waals surface area contributed by atoms with Gasteiger partial charge in [0.25, 0.3) is 5.91 Å². The Morgan fingerprint density at radius 1 is 1.11 bits per heavy atom. The van der Waals surface area contributed by atoms with Crippen LogP contribution in [0.5, 0.6) is 17.2 Å². The summed E-state index contributed by atoms with van der Waals surface area (Å²) in [5.41, 5.74) is 1.51. The first-order valence-corrected chi connectivity index (χ1v) is 8.84. The van der Waals surface area contributed by atoms with E-state index in [0.717, 1.165) is 10.5 Å². The topological polar surface area (TPSA) is 61.2 Å². The van der Waals surface area contributed by atoms with Crippen molar-refractivity contribution in [2.45, 2.75) is 20.1 Å². The quantitative estimate of drug-likeness (QED) is 0.648. The summed E-state index contributed by atoms with van der Waals surface area (Å²) in [7, 11) is 2.96. The predicted octanol–water partition coefficient (Wildman–Crippen LogP) is 2.35. The van der Waals surface area contributed by atoms with Crippen molar-refractivity contribution >= 4 is 11.6 Å². The number of likely N-dealkylation sites (N-methyl/N-ethyl adjacent to an activating group) is 1. The number of methoxy groups -OCH3 is 2. The Morgan fingerprint density at radius 3 is 2.54 bits per heavy atom. The van der Waals surface area contributed by atoms with Crippen LogP contribution in [0.15, 0.2) is 42.5 Å². The Labute approximate surface area is 163 Å². The lowest BCUT2D eigenvalue weighted by Crippen LogP contribution is -3.11. The van der Waals surface area contributed by atoms with Crippen molar-refractivity contribution in [2.75, 3.05) is 32.6 Å². The standard InChI is InChI=1S/C20H24F2N2O4/c1-4-24(13-19(25)23-15-6-5-7-16(11-15)26-2)12-14-8-9-17(28-20(21)22)18(10-14)27-3/h5-11,20H,4,12-13H2,1-3H3,(H,23,25)/p+1. The number of quaternary nitrogens is 1. The molecule has 0 aromatic heterocycles. The van der Waals surface area contributed by atoms with Crippen LogP contribution in [0, 0.1) is 0 Å². The molecule has 2 aromatic carbocycles. The number of carbonyl (C=O) groups excluding carboxylic acids is 1. The third-order valence-electron chi connectivity index (χ3n) is 4.16. The summed E-state index contributed by atoms with van der Waals surface area (Å²) in [5.74, 6) is 0.745. The fourth-order valence-electron chi connectivity index (χ4n) is 2.75. The molecule has 2 aromatic rings. The number of amides is 1. The van der Waals surface area contributed by atoms with E-state index in [-0.39, 0.29) is 24.0 Å². The number of halogens is 2. The molecule has 0 heterocycles. The third-order valence-corrected chi connectivity index (χ3v) is 4.16. The fraction of sp³-hybridized carbons (Fsp3) is 0.350. The fourth-order valence-corrected chi connectivity index (χ4v) is 2.75. The van der Waals surface area contributed by atoms with Gasteiger partial charge in [0.2, 0.25) is 0 Å². The van der Waals surface area contributed by atoms with E-state index in [1.165, 1.54) is 13.2 Å². The van der Waals surface area contributed by atoms with Crippen LogP contribution in [-0.2, 0) is 11.3 Å². The van der Waals surface area contributed by atoms with Crippen LogP contribution in [-0.4, -0.2) is 39.8 Å². The Kier molecular flexibility index (Phi) is 8.01. The smallest absolute Gasteiger partial charge is 0.387 e. The minimum Gasteiger partial charge on any atom is -0.497 e. The van der Waals surface area contributed by atoms with Gasteiger partial charge >= 0.3 is 6.61 Å². The first kappa shape index (κ1) is 21.4. The van der Waals surface area contributed by atoms with Crippen LogP contribution in [0.3, 0.4) is 0 Å². The number of rotatable bonds is 10. The van der Waals surface area contributed by atoms with Crippen LogP contribution in [0.4, 0.5) is 14.5 Å². The monoisotopic (exact) mass is 395 g/mol. The average molecular weight is 395 g/mol. The first-order chi connectivity index (χ1) is 13.4. The second-order valence-electron chi connectivity index (χ2n) is 6.10. The van der Waals surface area contributed by atoms with Crippen LogP contribution < -0.4 is 24.4 Å². The molecule has 0 spiro atoms. The zero-order valence-electron chi connectivity index (χ0n) is 16.1. The maximum atomic E-state index is 12.4. The number of anilines is 1. The molecular formula is C20H25F2N2O4+. The van der Waals surface area contributed by atoms with E-state index in [4.69, 9.17) is 9.47 Å². The Hall–Kier alpha value is -2.87. The molecule has 0 aliphatic rings. The number of alkyl halides is 2. The molecule has 152 valence electrons. The van der Waals surface area contributed by atoms with Crippen molar-refractivity contribution in [1.82, 2.24) is 0 Å². The van der Waals surface area contributed by atoms with E-state index in [2.05, 4.69) is 10.1 Å². The highest BCUT2D eigenvalue weighted by Crippen LogP contribution is 2.29. The number of hydrogen-bond donors (Lipinski definition) is 2. The number of carbonyl (C=O) groups is 1. The third kappa shape index (κ3) is 6.38. The molecule has 2 rings (SSSR count). The normalized spacial score (nSPS) is 11.8. The molecule has 1 atom stereocenters. The largest absolute Gasteiger partial charge is 0.497 e. The maximum Gasteiger partial charge on any atom is 0.387 e. The van der Waals surface area contributed by atoms with Crippen LogP contribution in [0.25, 0.3) is 0 Å². The summed E-state index contributed by atoms with van der Waals surface area (Å²) in [4.78, 5) is 13.4. The lowest BCUT2D eigenvalue weighted by atomic mass is 10.2. The Morgan fingerprint density at radius 2 is 1.89 bits per heavy atom. The summed E-state index contributed by atoms with van der Waals surface area (Å²) >= 11 is 0. The molecule has 28 heavy (non-hydrogen) atoms. The van der Waals surface area contributed by atoms with E-state index in [1.54, 1.807) is 43.5 Å². The van der Waals surface area contributed by atoms with E-state index in [0.29, 0.717) is 24.5 Å². The van der Waals surface area contributed by atoms with Gasteiger partial charge in [-0.2, -0.15) is 8.78 Å². The Bertz CT molecular complexity index is 787. The molecule has 0 saturated carbocycles. The highest BCUT2D eigenvalue weighted by atomic mass is 19.3. The minimum atomic E-state index is -2.92. The molecule has 0 radical (unpaired) electrons. The maximum absolute atomic E-state index is 12.4. The zero-order valence-corrected chi connectivity index (χ0v) is 16.1. The van der Waals surface area contributed by atoms with Gasteiger partial charge in [-0.1, -0.05) is 6.07 Å². The second kappa shape index (κ2) is 10.5. The number of nitrogens with one attached hydrogen (secondary N) is 2. The first-order valence-electron chi connectivity index (χ1n) is 8.84. The van der Waals surface area contributed by atoms with Gasteiger partial charge in [-0.3, -0.25) is 4.79 Å². The summed E-state index contributed by atoms with van der Waals surface area (Å²) in [6.07, 6.45) is 0. The van der Waals surface area contributed by atoms with Gasteiger partial charge in [0.05, 0.1) is 20.8 Å². The van der Waals surface area contributed by atoms with Crippen LogP contribution in [0.2, 0.25) is 0 Å². The summed E-state index contributed by atoms with van der Waals surface area (Å²) in [6.45, 7) is 0.555. The van der Waals surface area contributed by atoms with Crippen molar-refractivity contribution in [1.29, 1.82) is 0 Å². The number of hydrogen-bond acceptors (Lipinski definition) is 4. The van der Waals surface area contributed by atoms with Gasteiger partial charge in [0, 0.05) is 17.3 Å². The van der Waals surface area contributed by atoms with Gasteiger partial charge in [-0.05, 0) is 37.3 Å². The molecule has 1 unspecified atom stereocenters. The zero-order chi connectivity index (χ0) is 20.5. The number of ether oxygens (including phenoxy) is 3. The van der Waals surface area contributed by atoms with Crippen molar-refractivity contribution in [3.05, 3.63) is 48.0 Å². The molecular weight excluding hydrogens is 370 g/mol.